The number of hydrogen-bond donors (Lipinski definition) is 1. The van der Waals surface area contributed by atoms with Gasteiger partial charge in [-0.25, -0.2) is 9.37 Å². The minimum Gasteiger partial charge on any atom is -0.454 e. The minimum atomic E-state index is -0.379. The number of furan rings is 1. The van der Waals surface area contributed by atoms with Gasteiger partial charge < -0.3 is 9.73 Å². The quantitative estimate of drug-likeness (QED) is 0.477. The molecule has 0 saturated heterocycles. The fraction of sp³-hybridized carbons (Fsp3) is 0.0556. The zero-order valence-electron chi connectivity index (χ0n) is 13.7. The Kier molecular flexibility index (Phi) is 4.87. The van der Waals surface area contributed by atoms with Crippen molar-refractivity contribution in [2.24, 2.45) is 0 Å². The zero-order valence-corrected chi connectivity index (χ0v) is 16.1. The molecule has 0 unspecified atom stereocenters. The van der Waals surface area contributed by atoms with Crippen molar-refractivity contribution in [1.29, 1.82) is 0 Å². The lowest BCUT2D eigenvalue weighted by molar-refractivity contribution is 0.0995. The summed E-state index contributed by atoms with van der Waals surface area (Å²) in [5.41, 5.74) is 2.93. The number of benzene rings is 1. The average Bonchev–Trinajstić information content (AvgIpc) is 3.38. The van der Waals surface area contributed by atoms with Gasteiger partial charge in [0.15, 0.2) is 5.76 Å². The molecule has 0 radical (unpaired) electrons. The van der Waals surface area contributed by atoms with Gasteiger partial charge in [0, 0.05) is 11.8 Å². The molecule has 9 heteroatoms. The molecule has 1 N–H and O–H groups in total. The van der Waals surface area contributed by atoms with Crippen LogP contribution in [0.1, 0.15) is 16.3 Å². The summed E-state index contributed by atoms with van der Waals surface area (Å²) in [5.74, 6) is 0.0934. The molecule has 1 aromatic carbocycles. The molecule has 0 aliphatic rings. The van der Waals surface area contributed by atoms with Crippen LogP contribution in [0.15, 0.2) is 63.2 Å². The van der Waals surface area contributed by atoms with E-state index in [1.165, 1.54) is 23.5 Å². The van der Waals surface area contributed by atoms with Crippen molar-refractivity contribution in [2.75, 3.05) is 5.32 Å². The highest BCUT2D eigenvalue weighted by atomic mass is 79.9. The lowest BCUT2D eigenvalue weighted by Gasteiger charge is -2.04. The average molecular weight is 447 g/mol. The predicted octanol–water partition coefficient (Wildman–Crippen LogP) is 4.80. The van der Waals surface area contributed by atoms with Gasteiger partial charge in [-0.1, -0.05) is 0 Å². The van der Waals surface area contributed by atoms with Crippen LogP contribution in [0.25, 0.3) is 11.3 Å². The van der Waals surface area contributed by atoms with E-state index in [0.29, 0.717) is 23.0 Å². The van der Waals surface area contributed by atoms with E-state index in [4.69, 9.17) is 4.42 Å². The Bertz CT molecular complexity index is 1090. The van der Waals surface area contributed by atoms with Crippen molar-refractivity contribution in [1.82, 2.24) is 14.8 Å². The van der Waals surface area contributed by atoms with Crippen molar-refractivity contribution < 1.29 is 13.6 Å². The van der Waals surface area contributed by atoms with E-state index in [9.17, 15) is 9.18 Å². The molecule has 0 aliphatic carbocycles. The van der Waals surface area contributed by atoms with Crippen LogP contribution < -0.4 is 5.32 Å². The SMILES string of the molecule is O=C(Nc1scnc1-c1ccc(F)cc1)c1ccc(Cn2cc(Br)cn2)o1. The van der Waals surface area contributed by atoms with Crippen LogP contribution in [0.4, 0.5) is 9.39 Å². The third-order valence-electron chi connectivity index (χ3n) is 3.72. The van der Waals surface area contributed by atoms with E-state index < -0.39 is 0 Å². The van der Waals surface area contributed by atoms with Crippen molar-refractivity contribution in [2.45, 2.75) is 6.54 Å². The summed E-state index contributed by atoms with van der Waals surface area (Å²) in [5, 5.41) is 7.52. The fourth-order valence-electron chi connectivity index (χ4n) is 2.48. The Hall–Kier alpha value is -2.78. The highest BCUT2D eigenvalue weighted by molar-refractivity contribution is 9.10. The van der Waals surface area contributed by atoms with Crippen molar-refractivity contribution in [3.05, 3.63) is 76.1 Å². The van der Waals surface area contributed by atoms with Crippen LogP contribution >= 0.6 is 27.3 Å². The molecule has 0 bridgehead atoms. The van der Waals surface area contributed by atoms with Crippen LogP contribution in [0.2, 0.25) is 0 Å². The number of aromatic nitrogens is 3. The molecule has 0 atom stereocenters. The molecule has 0 fully saturated rings. The third-order valence-corrected chi connectivity index (χ3v) is 4.87. The number of halogens is 2. The number of nitrogens with one attached hydrogen (secondary N) is 1. The largest absolute Gasteiger partial charge is 0.454 e. The highest BCUT2D eigenvalue weighted by Crippen LogP contribution is 2.31. The number of nitrogens with zero attached hydrogens (tertiary/aromatic N) is 3. The van der Waals surface area contributed by atoms with Crippen molar-refractivity contribution in [3.63, 3.8) is 0 Å². The summed E-state index contributed by atoms with van der Waals surface area (Å²) in [6.07, 6.45) is 3.49. The first-order chi connectivity index (χ1) is 13.1. The summed E-state index contributed by atoms with van der Waals surface area (Å²) < 4.78 is 21.3. The van der Waals surface area contributed by atoms with Gasteiger partial charge in [0.05, 0.1) is 22.7 Å². The number of carbonyl (C=O) groups excluding carboxylic acids is 1. The minimum absolute atomic E-state index is 0.190. The highest BCUT2D eigenvalue weighted by Gasteiger charge is 2.16. The maximum absolute atomic E-state index is 13.1. The van der Waals surface area contributed by atoms with Crippen molar-refractivity contribution in [3.8, 4) is 11.3 Å². The second kappa shape index (κ2) is 7.45. The van der Waals surface area contributed by atoms with E-state index >= 15 is 0 Å². The summed E-state index contributed by atoms with van der Waals surface area (Å²) in [7, 11) is 0. The molecule has 0 saturated carbocycles. The van der Waals surface area contributed by atoms with Crippen LogP contribution in [-0.2, 0) is 6.54 Å². The monoisotopic (exact) mass is 446 g/mol. The summed E-state index contributed by atoms with van der Waals surface area (Å²) >= 11 is 4.62. The molecular weight excluding hydrogens is 435 g/mol. The standard InChI is InChI=1S/C18H12BrFN4O2S/c19-12-7-22-24(8-12)9-14-5-6-15(26-14)17(25)23-18-16(21-10-27-18)11-1-3-13(20)4-2-11/h1-8,10H,9H2,(H,23,25). The van der Waals surface area contributed by atoms with E-state index in [1.54, 1.807) is 40.7 Å². The van der Waals surface area contributed by atoms with Crippen LogP contribution in [0.3, 0.4) is 0 Å². The third kappa shape index (κ3) is 3.99. The number of anilines is 1. The normalized spacial score (nSPS) is 10.9. The van der Waals surface area contributed by atoms with E-state index in [2.05, 4.69) is 31.3 Å². The first kappa shape index (κ1) is 17.6. The van der Waals surface area contributed by atoms with Gasteiger partial charge in [-0.3, -0.25) is 9.48 Å². The first-order valence-corrected chi connectivity index (χ1v) is 9.53. The van der Waals surface area contributed by atoms with E-state index in [-0.39, 0.29) is 17.5 Å². The second-order valence-electron chi connectivity index (χ2n) is 5.61. The van der Waals surface area contributed by atoms with Crippen LogP contribution in [0, 0.1) is 5.82 Å². The van der Waals surface area contributed by atoms with E-state index in [0.717, 1.165) is 10.0 Å². The maximum Gasteiger partial charge on any atom is 0.292 e. The maximum atomic E-state index is 13.1. The van der Waals surface area contributed by atoms with Crippen LogP contribution in [0.5, 0.6) is 0 Å². The van der Waals surface area contributed by atoms with Gasteiger partial charge >= 0.3 is 0 Å². The molecule has 136 valence electrons. The number of hydrogen-bond acceptors (Lipinski definition) is 5. The Morgan fingerprint density at radius 1 is 1.26 bits per heavy atom. The molecule has 6 nitrogen and oxygen atoms in total. The molecule has 0 aliphatic heterocycles. The molecule has 3 heterocycles. The van der Waals surface area contributed by atoms with Gasteiger partial charge in [0.2, 0.25) is 0 Å². The van der Waals surface area contributed by atoms with Gasteiger partial charge in [-0.2, -0.15) is 5.10 Å². The Morgan fingerprint density at radius 2 is 2.07 bits per heavy atom. The van der Waals surface area contributed by atoms with Gasteiger partial charge in [0.1, 0.15) is 22.3 Å². The summed E-state index contributed by atoms with van der Waals surface area (Å²) in [6, 6.07) is 9.29. The topological polar surface area (TPSA) is 73.0 Å². The number of amides is 1. The molecule has 3 aromatic heterocycles. The Labute approximate surface area is 165 Å². The Morgan fingerprint density at radius 3 is 2.81 bits per heavy atom. The smallest absolute Gasteiger partial charge is 0.292 e. The van der Waals surface area contributed by atoms with E-state index in [1.807, 2.05) is 6.20 Å². The Balaban J connectivity index is 1.49. The summed E-state index contributed by atoms with van der Waals surface area (Å²) in [4.78, 5) is 16.8. The second-order valence-corrected chi connectivity index (χ2v) is 7.38. The summed E-state index contributed by atoms with van der Waals surface area (Å²) in [6.45, 7) is 0.417. The zero-order chi connectivity index (χ0) is 18.8. The lowest BCUT2D eigenvalue weighted by Crippen LogP contribution is -2.10. The first-order valence-electron chi connectivity index (χ1n) is 7.86. The number of thiazole rings is 1. The number of carbonyl (C=O) groups is 1. The predicted molar refractivity (Wildman–Crippen MR) is 103 cm³/mol. The van der Waals surface area contributed by atoms with Gasteiger partial charge in [-0.15, -0.1) is 11.3 Å². The lowest BCUT2D eigenvalue weighted by atomic mass is 10.1. The molecule has 27 heavy (non-hydrogen) atoms. The van der Waals surface area contributed by atoms with Crippen molar-refractivity contribution >= 4 is 38.2 Å². The van der Waals surface area contributed by atoms with Gasteiger partial charge in [0.25, 0.3) is 5.91 Å². The fourth-order valence-corrected chi connectivity index (χ4v) is 3.51. The molecule has 1 amide bonds. The van der Waals surface area contributed by atoms with Gasteiger partial charge in [-0.05, 0) is 52.3 Å². The van der Waals surface area contributed by atoms with Crippen LogP contribution in [-0.4, -0.2) is 20.7 Å². The molecule has 4 rings (SSSR count). The molecule has 0 spiro atoms. The number of rotatable bonds is 5. The molecular formula is C18H12BrFN4O2S. The molecule has 4 aromatic rings.